The first-order valence-corrected chi connectivity index (χ1v) is 9.59. The van der Waals surface area contributed by atoms with Crippen molar-refractivity contribution in [1.29, 1.82) is 0 Å². The lowest BCUT2D eigenvalue weighted by Gasteiger charge is -2.09. The van der Waals surface area contributed by atoms with Gasteiger partial charge in [-0.25, -0.2) is 8.78 Å². The van der Waals surface area contributed by atoms with Gasteiger partial charge in [0, 0.05) is 5.39 Å². The van der Waals surface area contributed by atoms with Crippen LogP contribution in [-0.4, -0.2) is 20.2 Å². The minimum absolute atomic E-state index is 0.0629. The molecule has 154 valence electrons. The normalized spacial score (nSPS) is 11.2. The highest BCUT2D eigenvalue weighted by molar-refractivity contribution is 6.30. The van der Waals surface area contributed by atoms with Crippen molar-refractivity contribution in [3.8, 4) is 22.8 Å². The predicted molar refractivity (Wildman–Crippen MR) is 110 cm³/mol. The summed E-state index contributed by atoms with van der Waals surface area (Å²) in [5, 5.41) is 12.4. The van der Waals surface area contributed by atoms with Crippen molar-refractivity contribution in [2.45, 2.75) is 6.61 Å². The van der Waals surface area contributed by atoms with Gasteiger partial charge < -0.3 is 9.15 Å². The van der Waals surface area contributed by atoms with Gasteiger partial charge in [-0.3, -0.25) is 0 Å². The van der Waals surface area contributed by atoms with E-state index in [1.54, 1.807) is 42.5 Å². The lowest BCUT2D eigenvalue weighted by atomic mass is 10.1. The first kappa shape index (κ1) is 19.2. The van der Waals surface area contributed by atoms with Gasteiger partial charge in [0.15, 0.2) is 5.82 Å². The Morgan fingerprint density at radius 1 is 0.968 bits per heavy atom. The summed E-state index contributed by atoms with van der Waals surface area (Å²) in [6, 6.07) is 16.0. The van der Waals surface area contributed by atoms with Crippen molar-refractivity contribution in [3.05, 3.63) is 89.1 Å². The average molecular weight is 439 g/mol. The molecule has 0 N–H and O–H groups in total. The van der Waals surface area contributed by atoms with Crippen LogP contribution >= 0.6 is 11.6 Å². The van der Waals surface area contributed by atoms with Gasteiger partial charge in [0.05, 0.1) is 22.5 Å². The molecule has 0 aliphatic heterocycles. The molecule has 9 heteroatoms. The Hall–Kier alpha value is -3.78. The number of tetrazole rings is 1. The second kappa shape index (κ2) is 7.81. The molecule has 5 aromatic rings. The molecule has 2 aromatic heterocycles. The molecular weight excluding hydrogens is 426 g/mol. The quantitative estimate of drug-likeness (QED) is 0.358. The van der Waals surface area contributed by atoms with Crippen LogP contribution in [0.3, 0.4) is 0 Å². The smallest absolute Gasteiger partial charge is 0.190 e. The first-order valence-electron chi connectivity index (χ1n) is 9.21. The molecule has 31 heavy (non-hydrogen) atoms. The lowest BCUT2D eigenvalue weighted by Crippen LogP contribution is -2.01. The molecule has 0 saturated carbocycles. The third kappa shape index (κ3) is 3.73. The highest BCUT2D eigenvalue weighted by Crippen LogP contribution is 2.28. The number of furan rings is 1. The number of hydrogen-bond donors (Lipinski definition) is 0. The zero-order valence-corrected chi connectivity index (χ0v) is 16.6. The standard InChI is InChI=1S/C22H13ClF2N4O2/c23-18-6-1-13(9-20(18)25)12-31-16-4-2-15(3-5-16)29-22(26-27-28-29)17-11-21-14(7-8-30-21)10-19(17)24/h1-11H,12H2. The van der Waals surface area contributed by atoms with Gasteiger partial charge >= 0.3 is 0 Å². The molecule has 5 rings (SSSR count). The van der Waals surface area contributed by atoms with Crippen LogP contribution in [-0.2, 0) is 6.61 Å². The third-order valence-electron chi connectivity index (χ3n) is 4.72. The zero-order chi connectivity index (χ0) is 21.4. The number of aromatic nitrogens is 4. The summed E-state index contributed by atoms with van der Waals surface area (Å²) in [5.41, 5.74) is 2.02. The van der Waals surface area contributed by atoms with Gasteiger partial charge in [-0.05, 0) is 70.6 Å². The van der Waals surface area contributed by atoms with Crippen molar-refractivity contribution in [2.75, 3.05) is 0 Å². The SMILES string of the molecule is Fc1cc(COc2ccc(-n3nnnc3-c3cc4occc4cc3F)cc2)ccc1Cl. The summed E-state index contributed by atoms with van der Waals surface area (Å²) < 4.78 is 40.6. The number of hydrogen-bond acceptors (Lipinski definition) is 5. The summed E-state index contributed by atoms with van der Waals surface area (Å²) >= 11 is 5.69. The van der Waals surface area contributed by atoms with E-state index in [-0.39, 0.29) is 23.0 Å². The Kier molecular flexibility index (Phi) is 4.83. The van der Waals surface area contributed by atoms with Crippen LogP contribution in [0, 0.1) is 11.6 Å². The van der Waals surface area contributed by atoms with Crippen molar-refractivity contribution < 1.29 is 17.9 Å². The van der Waals surface area contributed by atoms with E-state index in [1.165, 1.54) is 29.1 Å². The van der Waals surface area contributed by atoms with E-state index in [2.05, 4.69) is 15.5 Å². The van der Waals surface area contributed by atoms with Crippen molar-refractivity contribution >= 4 is 22.6 Å². The summed E-state index contributed by atoms with van der Waals surface area (Å²) in [6.07, 6.45) is 1.49. The minimum Gasteiger partial charge on any atom is -0.489 e. The predicted octanol–water partition coefficient (Wildman–Crippen LogP) is 5.59. The van der Waals surface area contributed by atoms with E-state index in [4.69, 9.17) is 20.8 Å². The fraction of sp³-hybridized carbons (Fsp3) is 0.0455. The molecule has 6 nitrogen and oxygen atoms in total. The Morgan fingerprint density at radius 2 is 1.81 bits per heavy atom. The van der Waals surface area contributed by atoms with Crippen LogP contribution in [0.15, 0.2) is 71.3 Å². The average Bonchev–Trinajstić information content (AvgIpc) is 3.43. The maximum atomic E-state index is 14.6. The summed E-state index contributed by atoms with van der Waals surface area (Å²) in [6.45, 7) is 0.179. The van der Waals surface area contributed by atoms with E-state index >= 15 is 0 Å². The minimum atomic E-state index is -0.496. The molecule has 0 amide bonds. The molecule has 0 spiro atoms. The molecule has 0 fully saturated rings. The molecule has 0 radical (unpaired) electrons. The van der Waals surface area contributed by atoms with Crippen LogP contribution in [0.25, 0.3) is 28.0 Å². The fourth-order valence-corrected chi connectivity index (χ4v) is 3.28. The van der Waals surface area contributed by atoms with Gasteiger partial charge in [-0.2, -0.15) is 4.68 Å². The molecule has 0 aliphatic carbocycles. The summed E-state index contributed by atoms with van der Waals surface area (Å²) in [4.78, 5) is 0. The molecule has 0 aliphatic rings. The maximum absolute atomic E-state index is 14.6. The topological polar surface area (TPSA) is 66.0 Å². The molecule has 0 saturated heterocycles. The molecule has 0 unspecified atom stereocenters. The summed E-state index contributed by atoms with van der Waals surface area (Å²) in [5.74, 6) is -0.151. The largest absolute Gasteiger partial charge is 0.489 e. The van der Waals surface area contributed by atoms with Crippen LogP contribution in [0.5, 0.6) is 5.75 Å². The van der Waals surface area contributed by atoms with E-state index in [0.29, 0.717) is 28.0 Å². The number of halogens is 3. The van der Waals surface area contributed by atoms with E-state index in [9.17, 15) is 8.78 Å². The number of ether oxygens (including phenoxy) is 1. The molecule has 3 aromatic carbocycles. The Labute approximate surface area is 179 Å². The second-order valence-corrected chi connectivity index (χ2v) is 7.14. The number of nitrogens with zero attached hydrogens (tertiary/aromatic N) is 4. The van der Waals surface area contributed by atoms with Crippen LogP contribution in [0.1, 0.15) is 5.56 Å². The van der Waals surface area contributed by atoms with Crippen LogP contribution < -0.4 is 4.74 Å². The van der Waals surface area contributed by atoms with Crippen molar-refractivity contribution in [3.63, 3.8) is 0 Å². The number of benzene rings is 3. The van der Waals surface area contributed by atoms with E-state index in [0.717, 1.165) is 0 Å². The van der Waals surface area contributed by atoms with E-state index in [1.807, 2.05) is 0 Å². The van der Waals surface area contributed by atoms with E-state index < -0.39 is 11.6 Å². The highest BCUT2D eigenvalue weighted by atomic mass is 35.5. The first-order chi connectivity index (χ1) is 15.1. The summed E-state index contributed by atoms with van der Waals surface area (Å²) in [7, 11) is 0. The van der Waals surface area contributed by atoms with Gasteiger partial charge in [0.2, 0.25) is 0 Å². The Balaban J connectivity index is 1.38. The molecular formula is C22H13ClF2N4O2. The zero-order valence-electron chi connectivity index (χ0n) is 15.8. The maximum Gasteiger partial charge on any atom is 0.190 e. The number of rotatable bonds is 5. The fourth-order valence-electron chi connectivity index (χ4n) is 3.16. The van der Waals surface area contributed by atoms with Crippen LogP contribution in [0.2, 0.25) is 5.02 Å². The Morgan fingerprint density at radius 3 is 2.61 bits per heavy atom. The molecule has 0 atom stereocenters. The second-order valence-electron chi connectivity index (χ2n) is 6.74. The number of fused-ring (bicyclic) bond motifs is 1. The van der Waals surface area contributed by atoms with Gasteiger partial charge in [-0.15, -0.1) is 5.10 Å². The Bertz CT molecular complexity index is 1380. The van der Waals surface area contributed by atoms with Gasteiger partial charge in [0.25, 0.3) is 0 Å². The van der Waals surface area contributed by atoms with Gasteiger partial charge in [-0.1, -0.05) is 17.7 Å². The molecule has 0 bridgehead atoms. The molecule has 2 heterocycles. The lowest BCUT2D eigenvalue weighted by molar-refractivity contribution is 0.305. The van der Waals surface area contributed by atoms with Crippen LogP contribution in [0.4, 0.5) is 8.78 Å². The van der Waals surface area contributed by atoms with Crippen molar-refractivity contribution in [2.24, 2.45) is 0 Å². The highest BCUT2D eigenvalue weighted by Gasteiger charge is 2.17. The van der Waals surface area contributed by atoms with Gasteiger partial charge in [0.1, 0.15) is 29.6 Å². The monoisotopic (exact) mass is 438 g/mol. The van der Waals surface area contributed by atoms with Crippen molar-refractivity contribution in [1.82, 2.24) is 20.2 Å². The third-order valence-corrected chi connectivity index (χ3v) is 5.03.